The Morgan fingerprint density at radius 3 is 2.62 bits per heavy atom. The molecule has 1 aliphatic heterocycles. The molecule has 2 aromatic rings. The number of aryl methyl sites for hydroxylation is 1. The van der Waals surface area contributed by atoms with Gasteiger partial charge in [-0.25, -0.2) is 4.39 Å². The van der Waals surface area contributed by atoms with E-state index in [2.05, 4.69) is 29.3 Å². The molecule has 2 heterocycles. The maximum atomic E-state index is 13.1. The zero-order valence-corrected chi connectivity index (χ0v) is 13.6. The summed E-state index contributed by atoms with van der Waals surface area (Å²) in [5.41, 5.74) is 3.74. The van der Waals surface area contributed by atoms with Gasteiger partial charge >= 0.3 is 0 Å². The fraction of sp³-hybridized carbons (Fsp3) is 0.294. The highest BCUT2D eigenvalue weighted by Crippen LogP contribution is 2.30. The molecule has 0 spiro atoms. The van der Waals surface area contributed by atoms with E-state index in [4.69, 9.17) is 0 Å². The molecule has 0 radical (unpaired) electrons. The van der Waals surface area contributed by atoms with Crippen molar-refractivity contribution in [3.8, 4) is 0 Å². The van der Waals surface area contributed by atoms with Gasteiger partial charge in [-0.1, -0.05) is 0 Å². The van der Waals surface area contributed by atoms with E-state index in [9.17, 15) is 4.39 Å². The van der Waals surface area contributed by atoms with Crippen molar-refractivity contribution in [2.75, 3.05) is 11.4 Å². The van der Waals surface area contributed by atoms with E-state index in [0.717, 1.165) is 18.7 Å². The highest BCUT2D eigenvalue weighted by Gasteiger charge is 2.16. The fourth-order valence-electron chi connectivity index (χ4n) is 2.61. The minimum Gasteiger partial charge on any atom is -0.345 e. The molecular weight excluding hydrogens is 305 g/mol. The van der Waals surface area contributed by atoms with Gasteiger partial charge in [0.25, 0.3) is 0 Å². The molecule has 1 aromatic carbocycles. The Balaban J connectivity index is 0.00000161. The van der Waals surface area contributed by atoms with Gasteiger partial charge in [-0.2, -0.15) is 0 Å². The molecule has 4 heteroatoms. The van der Waals surface area contributed by atoms with E-state index >= 15 is 0 Å². The molecule has 0 unspecified atom stereocenters. The standard InChI is InChI=1S/C17H18FNS.ClH/c1-13-10-17(20-12-13)11-16-4-2-3-9-19(16)15-7-5-14(18)6-8-15;/h5-8,10-12H,2-4,9H2,1H3;1H. The predicted octanol–water partition coefficient (Wildman–Crippen LogP) is 5.65. The summed E-state index contributed by atoms with van der Waals surface area (Å²) in [6.45, 7) is 3.14. The highest BCUT2D eigenvalue weighted by atomic mass is 35.5. The largest absolute Gasteiger partial charge is 0.345 e. The summed E-state index contributed by atoms with van der Waals surface area (Å²) in [5.74, 6) is -0.176. The number of thiophene rings is 1. The lowest BCUT2D eigenvalue weighted by Crippen LogP contribution is -2.27. The van der Waals surface area contributed by atoms with Gasteiger partial charge in [0.1, 0.15) is 5.82 Å². The molecule has 0 bridgehead atoms. The smallest absolute Gasteiger partial charge is 0.123 e. The second kappa shape index (κ2) is 7.10. The first-order chi connectivity index (χ1) is 9.72. The van der Waals surface area contributed by atoms with Crippen molar-refractivity contribution in [1.82, 2.24) is 0 Å². The Kier molecular flexibility index (Phi) is 5.43. The van der Waals surface area contributed by atoms with Crippen LogP contribution in [-0.4, -0.2) is 6.54 Å². The number of anilines is 1. The normalized spacial score (nSPS) is 16.9. The lowest BCUT2D eigenvalue weighted by molar-refractivity contribution is 0.624. The van der Waals surface area contributed by atoms with Crippen molar-refractivity contribution in [3.63, 3.8) is 0 Å². The Labute approximate surface area is 135 Å². The van der Waals surface area contributed by atoms with E-state index in [1.54, 1.807) is 11.3 Å². The van der Waals surface area contributed by atoms with Gasteiger partial charge in [-0.3, -0.25) is 0 Å². The average Bonchev–Trinajstić information content (AvgIpc) is 2.86. The Morgan fingerprint density at radius 2 is 1.95 bits per heavy atom. The van der Waals surface area contributed by atoms with Crippen molar-refractivity contribution >= 4 is 35.5 Å². The number of hydrogen-bond donors (Lipinski definition) is 0. The molecule has 21 heavy (non-hydrogen) atoms. The number of benzene rings is 1. The number of nitrogens with zero attached hydrogens (tertiary/aromatic N) is 1. The van der Waals surface area contributed by atoms with Gasteiger partial charge in [0.15, 0.2) is 0 Å². The van der Waals surface area contributed by atoms with Crippen LogP contribution in [0.15, 0.2) is 41.4 Å². The number of hydrogen-bond acceptors (Lipinski definition) is 2. The Bertz CT molecular complexity index is 618. The zero-order valence-electron chi connectivity index (χ0n) is 12.0. The van der Waals surface area contributed by atoms with E-state index in [0.29, 0.717) is 0 Å². The summed E-state index contributed by atoms with van der Waals surface area (Å²) in [7, 11) is 0. The van der Waals surface area contributed by atoms with Crippen molar-refractivity contribution in [2.45, 2.75) is 26.2 Å². The first kappa shape index (κ1) is 16.1. The number of halogens is 2. The van der Waals surface area contributed by atoms with Crippen LogP contribution in [0.1, 0.15) is 29.7 Å². The minimum absolute atomic E-state index is 0. The molecule has 112 valence electrons. The quantitative estimate of drug-likeness (QED) is 0.690. The summed E-state index contributed by atoms with van der Waals surface area (Å²) < 4.78 is 13.1. The predicted molar refractivity (Wildman–Crippen MR) is 91.9 cm³/mol. The lowest BCUT2D eigenvalue weighted by atomic mass is 10.1. The Hall–Kier alpha value is -1.32. The first-order valence-electron chi connectivity index (χ1n) is 7.01. The summed E-state index contributed by atoms with van der Waals surface area (Å²) in [5, 5.41) is 2.18. The molecule has 1 aliphatic rings. The van der Waals surface area contributed by atoms with E-state index in [1.165, 1.54) is 41.1 Å². The topological polar surface area (TPSA) is 3.24 Å². The van der Waals surface area contributed by atoms with E-state index in [-0.39, 0.29) is 18.2 Å². The molecule has 0 atom stereocenters. The van der Waals surface area contributed by atoms with Crippen LogP contribution in [-0.2, 0) is 0 Å². The van der Waals surface area contributed by atoms with Crippen molar-refractivity contribution < 1.29 is 4.39 Å². The molecule has 1 fully saturated rings. The van der Waals surface area contributed by atoms with Crippen LogP contribution in [0.2, 0.25) is 0 Å². The van der Waals surface area contributed by atoms with Crippen molar-refractivity contribution in [1.29, 1.82) is 0 Å². The van der Waals surface area contributed by atoms with Crippen LogP contribution >= 0.6 is 23.7 Å². The van der Waals surface area contributed by atoms with Crippen molar-refractivity contribution in [2.24, 2.45) is 0 Å². The number of piperidine rings is 1. The molecule has 0 aliphatic carbocycles. The molecule has 1 nitrogen and oxygen atoms in total. The van der Waals surface area contributed by atoms with Crippen molar-refractivity contribution in [3.05, 3.63) is 57.7 Å². The lowest BCUT2D eigenvalue weighted by Gasteiger charge is -2.31. The zero-order chi connectivity index (χ0) is 13.9. The molecule has 1 saturated heterocycles. The fourth-order valence-corrected chi connectivity index (χ4v) is 3.46. The van der Waals surface area contributed by atoms with Crippen LogP contribution in [0.5, 0.6) is 0 Å². The summed E-state index contributed by atoms with van der Waals surface area (Å²) in [4.78, 5) is 3.62. The van der Waals surface area contributed by atoms with Gasteiger partial charge < -0.3 is 4.90 Å². The molecule has 3 rings (SSSR count). The van der Waals surface area contributed by atoms with Gasteiger partial charge in [0.2, 0.25) is 0 Å². The maximum Gasteiger partial charge on any atom is 0.123 e. The molecule has 0 amide bonds. The average molecular weight is 324 g/mol. The second-order valence-electron chi connectivity index (χ2n) is 5.25. The molecule has 1 aromatic heterocycles. The highest BCUT2D eigenvalue weighted by molar-refractivity contribution is 7.11. The minimum atomic E-state index is -0.176. The SMILES string of the molecule is Cc1csc(C=C2CCCCN2c2ccc(F)cc2)c1.Cl. The second-order valence-corrected chi connectivity index (χ2v) is 6.19. The third-order valence-corrected chi connectivity index (χ3v) is 4.61. The third-order valence-electron chi connectivity index (χ3n) is 3.61. The van der Waals surface area contributed by atoms with Crippen LogP contribution in [0, 0.1) is 12.7 Å². The Morgan fingerprint density at radius 1 is 1.19 bits per heavy atom. The van der Waals surface area contributed by atoms with E-state index < -0.39 is 0 Å². The van der Waals surface area contributed by atoms with Gasteiger partial charge in [-0.05, 0) is 73.5 Å². The van der Waals surface area contributed by atoms with Gasteiger partial charge in [0.05, 0.1) is 0 Å². The van der Waals surface area contributed by atoms with Crippen LogP contribution < -0.4 is 4.90 Å². The maximum absolute atomic E-state index is 13.1. The first-order valence-corrected chi connectivity index (χ1v) is 7.89. The third kappa shape index (κ3) is 3.86. The summed E-state index contributed by atoms with van der Waals surface area (Å²) >= 11 is 1.78. The van der Waals surface area contributed by atoms with E-state index in [1.807, 2.05) is 12.1 Å². The molecular formula is C17H19ClFNS. The molecule has 0 saturated carbocycles. The van der Waals surface area contributed by atoms with Crippen LogP contribution in [0.25, 0.3) is 6.08 Å². The number of rotatable bonds is 2. The van der Waals surface area contributed by atoms with Gasteiger partial charge in [0, 0.05) is 22.8 Å². The summed E-state index contributed by atoms with van der Waals surface area (Å²) in [6.07, 6.45) is 5.79. The van der Waals surface area contributed by atoms with Crippen LogP contribution in [0.4, 0.5) is 10.1 Å². The monoisotopic (exact) mass is 323 g/mol. The molecule has 0 N–H and O–H groups in total. The summed E-state index contributed by atoms with van der Waals surface area (Å²) in [6, 6.07) is 9.03. The number of allylic oxidation sites excluding steroid dienone is 1. The van der Waals surface area contributed by atoms with Crippen LogP contribution in [0.3, 0.4) is 0 Å². The van der Waals surface area contributed by atoms with Gasteiger partial charge in [-0.15, -0.1) is 23.7 Å².